The summed E-state index contributed by atoms with van der Waals surface area (Å²) in [7, 11) is 0. The first-order valence-corrected chi connectivity index (χ1v) is 12.0. The molecule has 8 heteroatoms. The predicted molar refractivity (Wildman–Crippen MR) is 128 cm³/mol. The first-order valence-electron chi connectivity index (χ1n) is 12.0. The minimum Gasteiger partial charge on any atom is -0.473 e. The second-order valence-corrected chi connectivity index (χ2v) is 9.40. The molecule has 1 unspecified atom stereocenters. The number of rotatable bonds is 5. The average molecular weight is 463 g/mol. The van der Waals surface area contributed by atoms with Gasteiger partial charge in [0.05, 0.1) is 18.1 Å². The molecule has 1 fully saturated rings. The van der Waals surface area contributed by atoms with Gasteiger partial charge in [0, 0.05) is 44.7 Å². The summed E-state index contributed by atoms with van der Waals surface area (Å²) in [5.41, 5.74) is 2.80. The number of carbonyl (C=O) groups is 1. The Kier molecular flexibility index (Phi) is 6.08. The zero-order chi connectivity index (χ0) is 23.8. The lowest BCUT2D eigenvalue weighted by Crippen LogP contribution is -2.48. The number of aromatic nitrogens is 3. The van der Waals surface area contributed by atoms with Crippen LogP contribution in [0.15, 0.2) is 41.3 Å². The summed E-state index contributed by atoms with van der Waals surface area (Å²) < 4.78 is 13.7. The molecule has 3 heterocycles. The van der Waals surface area contributed by atoms with Crippen LogP contribution in [0.5, 0.6) is 5.88 Å². The standard InChI is InChI=1S/C26H30N4O4/c1-4-29-14-21(26(32)30-9-10-33-22(15-30)16(2)3)24(31)20-13-23(27-28-25(20)29)34-19-11-17-7-5-6-8-18(17)12-19/h5-8,13-14,16,19,22H,4,9-12,15H2,1-3H3. The highest BCUT2D eigenvalue weighted by Gasteiger charge is 2.29. The van der Waals surface area contributed by atoms with Crippen LogP contribution in [0.4, 0.5) is 0 Å². The SMILES string of the molecule is CCn1cc(C(=O)N2CCOC(C(C)C)C2)c(=O)c2cc(OC3Cc4ccccc4C3)nnc21. The first kappa shape index (κ1) is 22.5. The van der Waals surface area contributed by atoms with Gasteiger partial charge < -0.3 is 18.9 Å². The second-order valence-electron chi connectivity index (χ2n) is 9.40. The summed E-state index contributed by atoms with van der Waals surface area (Å²) in [6, 6.07) is 9.91. The maximum absolute atomic E-state index is 13.4. The van der Waals surface area contributed by atoms with Crippen LogP contribution in [0, 0.1) is 5.92 Å². The highest BCUT2D eigenvalue weighted by molar-refractivity contribution is 5.97. The lowest BCUT2D eigenvalue weighted by Gasteiger charge is -2.34. The molecule has 0 radical (unpaired) electrons. The smallest absolute Gasteiger partial charge is 0.259 e. The fourth-order valence-corrected chi connectivity index (χ4v) is 4.82. The number of pyridine rings is 1. The summed E-state index contributed by atoms with van der Waals surface area (Å²) in [6.45, 7) is 8.06. The minimum absolute atomic E-state index is 0.0343. The molecule has 1 aliphatic carbocycles. The van der Waals surface area contributed by atoms with E-state index in [9.17, 15) is 9.59 Å². The maximum atomic E-state index is 13.4. The molecule has 2 aliphatic rings. The van der Waals surface area contributed by atoms with Gasteiger partial charge >= 0.3 is 0 Å². The van der Waals surface area contributed by atoms with Crippen LogP contribution in [-0.4, -0.2) is 57.5 Å². The van der Waals surface area contributed by atoms with E-state index in [2.05, 4.69) is 36.2 Å². The van der Waals surface area contributed by atoms with Crippen LogP contribution >= 0.6 is 0 Å². The van der Waals surface area contributed by atoms with E-state index in [1.54, 1.807) is 21.7 Å². The molecule has 3 aromatic rings. The second kappa shape index (κ2) is 9.18. The molecule has 0 N–H and O–H groups in total. The van der Waals surface area contributed by atoms with Gasteiger partial charge in [0.25, 0.3) is 5.91 Å². The molecule has 1 aliphatic heterocycles. The topological polar surface area (TPSA) is 86.5 Å². The van der Waals surface area contributed by atoms with Crippen LogP contribution in [0.25, 0.3) is 11.0 Å². The van der Waals surface area contributed by atoms with Crippen molar-refractivity contribution < 1.29 is 14.3 Å². The van der Waals surface area contributed by atoms with Gasteiger partial charge in [-0.05, 0) is 24.0 Å². The van der Waals surface area contributed by atoms with Gasteiger partial charge in [-0.2, -0.15) is 0 Å². The third-order valence-corrected chi connectivity index (χ3v) is 6.79. The average Bonchev–Trinajstić information content (AvgIpc) is 3.26. The molecule has 0 spiro atoms. The Hall–Kier alpha value is -3.26. The van der Waals surface area contributed by atoms with Crippen LogP contribution < -0.4 is 10.2 Å². The fraction of sp³-hybridized carbons (Fsp3) is 0.462. The van der Waals surface area contributed by atoms with Gasteiger partial charge in [-0.25, -0.2) is 0 Å². The zero-order valence-electron chi connectivity index (χ0n) is 19.9. The third kappa shape index (κ3) is 4.18. The lowest BCUT2D eigenvalue weighted by molar-refractivity contribution is -0.0421. The number of nitrogens with zero attached hydrogens (tertiary/aromatic N) is 4. The summed E-state index contributed by atoms with van der Waals surface area (Å²) in [5, 5.41) is 8.88. The molecule has 5 rings (SSSR count). The van der Waals surface area contributed by atoms with E-state index >= 15 is 0 Å². The summed E-state index contributed by atoms with van der Waals surface area (Å²) >= 11 is 0. The van der Waals surface area contributed by atoms with Crippen molar-refractivity contribution in [3.63, 3.8) is 0 Å². The van der Waals surface area contributed by atoms with E-state index in [-0.39, 0.29) is 35.0 Å². The van der Waals surface area contributed by atoms with Gasteiger partial charge in [0.1, 0.15) is 11.7 Å². The van der Waals surface area contributed by atoms with Crippen molar-refractivity contribution in [3.05, 3.63) is 63.4 Å². The monoisotopic (exact) mass is 462 g/mol. The summed E-state index contributed by atoms with van der Waals surface area (Å²) in [5.74, 6) is 0.325. The van der Waals surface area contributed by atoms with Crippen molar-refractivity contribution in [1.82, 2.24) is 19.7 Å². The van der Waals surface area contributed by atoms with Gasteiger partial charge in [-0.1, -0.05) is 38.1 Å². The van der Waals surface area contributed by atoms with Crippen molar-refractivity contribution in [2.75, 3.05) is 19.7 Å². The van der Waals surface area contributed by atoms with Crippen molar-refractivity contribution >= 4 is 16.9 Å². The van der Waals surface area contributed by atoms with Crippen LogP contribution in [0.1, 0.15) is 42.3 Å². The highest BCUT2D eigenvalue weighted by Crippen LogP contribution is 2.25. The van der Waals surface area contributed by atoms with Gasteiger partial charge in [0.2, 0.25) is 11.3 Å². The molecule has 178 valence electrons. The quantitative estimate of drug-likeness (QED) is 0.580. The largest absolute Gasteiger partial charge is 0.473 e. The zero-order valence-corrected chi connectivity index (χ0v) is 19.9. The number of fused-ring (bicyclic) bond motifs is 2. The molecule has 0 saturated carbocycles. The van der Waals surface area contributed by atoms with E-state index < -0.39 is 0 Å². The van der Waals surface area contributed by atoms with Gasteiger partial charge in [-0.3, -0.25) is 9.59 Å². The Bertz CT molecular complexity index is 1260. The Balaban J connectivity index is 1.45. The summed E-state index contributed by atoms with van der Waals surface area (Å²) in [6.07, 6.45) is 3.11. The highest BCUT2D eigenvalue weighted by atomic mass is 16.5. The normalized spacial score (nSPS) is 18.5. The number of ether oxygens (including phenoxy) is 2. The van der Waals surface area contributed by atoms with Crippen molar-refractivity contribution in [2.45, 2.75) is 52.4 Å². The molecule has 34 heavy (non-hydrogen) atoms. The molecule has 1 aromatic carbocycles. The Morgan fingerprint density at radius 2 is 1.94 bits per heavy atom. The Labute approximate surface area is 198 Å². The van der Waals surface area contributed by atoms with Crippen molar-refractivity contribution in [3.8, 4) is 5.88 Å². The van der Waals surface area contributed by atoms with Crippen LogP contribution in [0.2, 0.25) is 0 Å². The van der Waals surface area contributed by atoms with Crippen LogP contribution in [-0.2, 0) is 24.1 Å². The molecular formula is C26H30N4O4. The van der Waals surface area contributed by atoms with Crippen molar-refractivity contribution in [2.24, 2.45) is 5.92 Å². The molecular weight excluding hydrogens is 432 g/mol. The number of amides is 1. The molecule has 1 amide bonds. The molecule has 8 nitrogen and oxygen atoms in total. The van der Waals surface area contributed by atoms with E-state index in [4.69, 9.17) is 9.47 Å². The number of aryl methyl sites for hydroxylation is 1. The number of benzene rings is 1. The van der Waals surface area contributed by atoms with Crippen LogP contribution in [0.3, 0.4) is 0 Å². The molecule has 0 bridgehead atoms. The number of carbonyl (C=O) groups excluding carboxylic acids is 1. The van der Waals surface area contributed by atoms with E-state index in [0.717, 1.165) is 12.8 Å². The minimum atomic E-state index is -0.341. The lowest BCUT2D eigenvalue weighted by atomic mass is 10.0. The van der Waals surface area contributed by atoms with E-state index in [1.165, 1.54) is 11.1 Å². The first-order chi connectivity index (χ1) is 16.4. The van der Waals surface area contributed by atoms with Gasteiger partial charge in [0.15, 0.2) is 5.65 Å². The van der Waals surface area contributed by atoms with E-state index in [0.29, 0.717) is 43.2 Å². The van der Waals surface area contributed by atoms with E-state index in [1.807, 2.05) is 19.1 Å². The predicted octanol–water partition coefficient (Wildman–Crippen LogP) is 2.85. The number of hydrogen-bond acceptors (Lipinski definition) is 6. The van der Waals surface area contributed by atoms with Gasteiger partial charge in [-0.15, -0.1) is 10.2 Å². The maximum Gasteiger partial charge on any atom is 0.259 e. The molecule has 1 atom stereocenters. The summed E-state index contributed by atoms with van der Waals surface area (Å²) in [4.78, 5) is 28.5. The fourth-order valence-electron chi connectivity index (χ4n) is 4.82. The Morgan fingerprint density at radius 3 is 2.62 bits per heavy atom. The third-order valence-electron chi connectivity index (χ3n) is 6.79. The number of hydrogen-bond donors (Lipinski definition) is 0. The molecule has 2 aromatic heterocycles. The van der Waals surface area contributed by atoms with Crippen molar-refractivity contribution in [1.29, 1.82) is 0 Å². The Morgan fingerprint density at radius 1 is 1.21 bits per heavy atom. The molecule has 1 saturated heterocycles. The number of morpholine rings is 1.